The van der Waals surface area contributed by atoms with Gasteiger partial charge in [-0.15, -0.1) is 0 Å². The number of hydrogen-bond donors (Lipinski definition) is 0. The van der Waals surface area contributed by atoms with Crippen LogP contribution in [0.5, 0.6) is 0 Å². The lowest BCUT2D eigenvalue weighted by Crippen LogP contribution is -2.35. The van der Waals surface area contributed by atoms with E-state index in [0.29, 0.717) is 0 Å². The van der Waals surface area contributed by atoms with E-state index in [-0.39, 0.29) is 0 Å². The molecule has 56 valence electrons. The minimum absolute atomic E-state index is 3.40. The average Bonchev–Trinajstić information content (AvgIpc) is 1.58. The van der Waals surface area contributed by atoms with Crippen LogP contribution in [0.25, 0.3) is 0 Å². The Bertz CT molecular complexity index is 152. The Morgan fingerprint density at radius 2 is 1.20 bits per heavy atom. The normalized spacial score (nSPS) is 8.00. The van der Waals surface area contributed by atoms with Crippen molar-refractivity contribution in [3.63, 3.8) is 0 Å². The fraction of sp³-hybridized carbons (Fsp3) is 0. The third-order valence-corrected chi connectivity index (χ3v) is 3.00. The van der Waals surface area contributed by atoms with Crippen LogP contribution in [-0.4, -0.2) is 27.5 Å². The Kier molecular flexibility index (Phi) is 3.82. The monoisotopic (exact) mass is 196 g/mol. The van der Waals surface area contributed by atoms with Crippen molar-refractivity contribution in [2.75, 3.05) is 0 Å². The van der Waals surface area contributed by atoms with E-state index in [2.05, 4.69) is 8.23 Å². The lowest BCUT2D eigenvalue weighted by molar-refractivity contribution is -0.226. The zero-order valence-electron chi connectivity index (χ0n) is 4.36. The molecule has 0 aliphatic heterocycles. The molecule has 0 rings (SSSR count). The summed E-state index contributed by atoms with van der Waals surface area (Å²) in [6.45, 7) is 0. The predicted molar refractivity (Wildman–Crippen MR) is 21.5 cm³/mol. The topological polar surface area (TPSA) is 116 Å². The molecule has 0 spiro atoms. The third-order valence-electron chi connectivity index (χ3n) is 0.333. The van der Waals surface area contributed by atoms with Crippen molar-refractivity contribution in [2.45, 2.75) is 0 Å². The molecular formula is O7Si3-2. The molecule has 7 nitrogen and oxygen atoms in total. The van der Waals surface area contributed by atoms with Crippen molar-refractivity contribution in [1.82, 2.24) is 0 Å². The van der Waals surface area contributed by atoms with Crippen LogP contribution in [0.2, 0.25) is 0 Å². The average molecular weight is 196 g/mol. The van der Waals surface area contributed by atoms with E-state index in [0.717, 1.165) is 0 Å². The maximum absolute atomic E-state index is 10.1. The molecule has 0 saturated heterocycles. The van der Waals surface area contributed by atoms with Gasteiger partial charge in [-0.05, 0) is 0 Å². The second-order valence-corrected chi connectivity index (χ2v) is 4.09. The highest BCUT2D eigenvalue weighted by Gasteiger charge is 2.02. The van der Waals surface area contributed by atoms with Gasteiger partial charge in [-0.1, -0.05) is 0 Å². The molecule has 10 heavy (non-hydrogen) atoms. The van der Waals surface area contributed by atoms with Crippen LogP contribution in [0.3, 0.4) is 0 Å². The molecule has 0 unspecified atom stereocenters. The van der Waals surface area contributed by atoms with Crippen molar-refractivity contribution < 1.29 is 31.2 Å². The Morgan fingerprint density at radius 3 is 1.40 bits per heavy atom. The highest BCUT2D eigenvalue weighted by atomic mass is 28.4. The summed E-state index contributed by atoms with van der Waals surface area (Å²) in [6.07, 6.45) is 0. The van der Waals surface area contributed by atoms with E-state index in [1.165, 1.54) is 0 Å². The summed E-state index contributed by atoms with van der Waals surface area (Å²) in [5, 5.41) is 0. The van der Waals surface area contributed by atoms with Gasteiger partial charge < -0.3 is 31.2 Å². The van der Waals surface area contributed by atoms with Gasteiger partial charge in [0, 0.05) is 0 Å². The predicted octanol–water partition coefficient (Wildman–Crippen LogP) is -4.01. The molecule has 0 bridgehead atoms. The van der Waals surface area contributed by atoms with Gasteiger partial charge in [-0.25, -0.2) is 0 Å². The van der Waals surface area contributed by atoms with Crippen molar-refractivity contribution in [1.29, 1.82) is 0 Å². The Labute approximate surface area is 59.5 Å². The van der Waals surface area contributed by atoms with Crippen LogP contribution in [0.15, 0.2) is 0 Å². The second kappa shape index (κ2) is 4.13. The number of hydrogen-bond acceptors (Lipinski definition) is 7. The lowest BCUT2D eigenvalue weighted by atomic mass is 15.7. The summed E-state index contributed by atoms with van der Waals surface area (Å²) in [5.74, 6) is 0. The first-order valence-corrected chi connectivity index (χ1v) is 5.51. The molecule has 0 radical (unpaired) electrons. The van der Waals surface area contributed by atoms with Gasteiger partial charge in [0.05, 0.1) is 0 Å². The lowest BCUT2D eigenvalue weighted by Gasteiger charge is -2.07. The van der Waals surface area contributed by atoms with E-state index in [4.69, 9.17) is 0 Å². The molecule has 0 aliphatic rings. The molecule has 0 aromatic heterocycles. The van der Waals surface area contributed by atoms with Crippen molar-refractivity contribution in [3.05, 3.63) is 0 Å². The van der Waals surface area contributed by atoms with Gasteiger partial charge in [0.2, 0.25) is 0 Å². The van der Waals surface area contributed by atoms with Crippen molar-refractivity contribution >= 4 is 27.5 Å². The molecule has 10 heteroatoms. The van der Waals surface area contributed by atoms with Crippen LogP contribution < -0.4 is 9.59 Å². The first-order valence-electron chi connectivity index (χ1n) is 1.84. The van der Waals surface area contributed by atoms with Crippen molar-refractivity contribution in [2.24, 2.45) is 0 Å². The minimum Gasteiger partial charge on any atom is -0.556 e. The molecular weight excluding hydrogens is 196 g/mol. The van der Waals surface area contributed by atoms with E-state index >= 15 is 0 Å². The van der Waals surface area contributed by atoms with Crippen molar-refractivity contribution in [3.8, 4) is 0 Å². The molecule has 0 saturated carbocycles. The van der Waals surface area contributed by atoms with E-state index < -0.39 is 27.5 Å². The first-order chi connectivity index (χ1) is 4.52. The van der Waals surface area contributed by atoms with E-state index in [1.807, 2.05) is 0 Å². The Morgan fingerprint density at radius 1 is 0.900 bits per heavy atom. The van der Waals surface area contributed by atoms with Crippen LogP contribution in [-0.2, 0) is 21.6 Å². The van der Waals surface area contributed by atoms with Gasteiger partial charge in [-0.3, -0.25) is 0 Å². The molecule has 0 atom stereocenters. The zero-order chi connectivity index (χ0) is 8.15. The quantitative estimate of drug-likeness (QED) is 0.420. The highest BCUT2D eigenvalue weighted by Crippen LogP contribution is 1.72. The summed E-state index contributed by atoms with van der Waals surface area (Å²) in [4.78, 5) is 19.2. The van der Waals surface area contributed by atoms with Gasteiger partial charge in [0.15, 0.2) is 0 Å². The summed E-state index contributed by atoms with van der Waals surface area (Å²) in [6, 6.07) is 0. The first kappa shape index (κ1) is 9.25. The summed E-state index contributed by atoms with van der Waals surface area (Å²) in [7, 11) is -10.7. The molecule has 0 N–H and O–H groups in total. The largest absolute Gasteiger partial charge is 0.556 e. The molecule has 0 heterocycles. The molecule has 0 aromatic rings. The Hall–Kier alpha value is -0.749. The van der Waals surface area contributed by atoms with Gasteiger partial charge in [0.1, 0.15) is 0 Å². The second-order valence-electron chi connectivity index (χ2n) is 0.954. The minimum atomic E-state index is -3.63. The van der Waals surface area contributed by atoms with E-state index in [1.54, 1.807) is 0 Å². The maximum Gasteiger partial charge on any atom is 0.538 e. The summed E-state index contributed by atoms with van der Waals surface area (Å²) >= 11 is 0. The van der Waals surface area contributed by atoms with Crippen LogP contribution >= 0.6 is 0 Å². The van der Waals surface area contributed by atoms with Gasteiger partial charge in [0.25, 0.3) is 0 Å². The molecule has 0 amide bonds. The van der Waals surface area contributed by atoms with Gasteiger partial charge >= 0.3 is 27.5 Å². The standard InChI is InChI=1S/O7Si3/c1-8(2)6-10(5)7-9(3)4/q-2. The summed E-state index contributed by atoms with van der Waals surface area (Å²) < 4.78 is 36.2. The number of rotatable bonds is 4. The fourth-order valence-electron chi connectivity index (χ4n) is 0.157. The molecule has 0 fully saturated rings. The van der Waals surface area contributed by atoms with E-state index in [9.17, 15) is 23.0 Å². The third kappa shape index (κ3) is 5.39. The highest BCUT2D eigenvalue weighted by molar-refractivity contribution is 6.46. The maximum atomic E-state index is 10.1. The molecule has 0 aromatic carbocycles. The van der Waals surface area contributed by atoms with Crippen LogP contribution in [0.4, 0.5) is 0 Å². The Balaban J connectivity index is 3.65. The SMILES string of the molecule is O=[Si]([O-])O[Si](=O)O[Si](=O)[O-]. The zero-order valence-corrected chi connectivity index (χ0v) is 7.36. The van der Waals surface area contributed by atoms with Gasteiger partial charge in [-0.2, -0.15) is 0 Å². The summed E-state index contributed by atoms with van der Waals surface area (Å²) in [5.41, 5.74) is 0. The van der Waals surface area contributed by atoms with Crippen LogP contribution in [0.1, 0.15) is 0 Å². The smallest absolute Gasteiger partial charge is 0.538 e. The van der Waals surface area contributed by atoms with Crippen LogP contribution in [0, 0.1) is 0 Å². The fourth-order valence-corrected chi connectivity index (χ4v) is 1.79. The molecule has 0 aliphatic carbocycles.